The number of fused-ring (bicyclic) bond motifs is 4. The number of nitrogens with two attached hydrogens (primary N) is 3. The van der Waals surface area contributed by atoms with E-state index in [0.717, 1.165) is 22.3 Å². The summed E-state index contributed by atoms with van der Waals surface area (Å²) in [6.07, 6.45) is -4.41. The van der Waals surface area contributed by atoms with Gasteiger partial charge in [-0.15, -0.1) is 0 Å². The SMILES string of the molecule is CC(C)c1cccc(C(C)C)c1NC(=O)Oc1cccc2c(C(=O)NC(=O)c3cc(Nc4cccc5c4C(=O)c4cccc(N)c4C5=O)c(OC(N)=O)c4c(OC(=O)Nc5c(C(C)C)cccc5C(C)C)cccc34)ccc(OC(N)=O)c12. The Labute approximate surface area is 476 Å². The predicted octanol–water partition coefficient (Wildman–Crippen LogP) is 13.3. The third-order valence-electron chi connectivity index (χ3n) is 14.1. The first-order valence-corrected chi connectivity index (χ1v) is 26.6. The molecule has 0 unspecified atom stereocenters. The highest BCUT2D eigenvalue weighted by molar-refractivity contribution is 6.32. The first-order valence-electron chi connectivity index (χ1n) is 26.6. The molecule has 8 aromatic carbocycles. The Morgan fingerprint density at radius 2 is 0.880 bits per heavy atom. The number of anilines is 5. The van der Waals surface area contributed by atoms with Crippen LogP contribution in [-0.4, -0.2) is 47.8 Å². The summed E-state index contributed by atoms with van der Waals surface area (Å²) in [5.41, 5.74) is 21.3. The zero-order valence-corrected chi connectivity index (χ0v) is 46.6. The van der Waals surface area contributed by atoms with E-state index in [-0.39, 0.29) is 119 Å². The number of nitrogen functional groups attached to an aromatic ring is 1. The van der Waals surface area contributed by atoms with Crippen LogP contribution in [0.5, 0.6) is 23.0 Å². The largest absolute Gasteiger partial charge is 0.417 e. The van der Waals surface area contributed by atoms with Gasteiger partial charge in [0.1, 0.15) is 17.2 Å². The smallest absolute Gasteiger partial charge is 0.410 e. The average Bonchev–Trinajstić information content (AvgIpc) is 3.19. The minimum absolute atomic E-state index is 0.00798. The molecule has 0 spiro atoms. The van der Waals surface area contributed by atoms with E-state index in [2.05, 4.69) is 21.3 Å². The fraction of sp³-hybridized carbons (Fsp3) is 0.188. The van der Waals surface area contributed by atoms with Crippen LogP contribution in [-0.2, 0) is 0 Å². The van der Waals surface area contributed by atoms with E-state index in [1.807, 2.05) is 91.8 Å². The van der Waals surface area contributed by atoms with Gasteiger partial charge in [-0.25, -0.2) is 19.2 Å². The first-order chi connectivity index (χ1) is 39.5. The van der Waals surface area contributed by atoms with Gasteiger partial charge in [-0.1, -0.05) is 140 Å². The molecule has 0 aliphatic heterocycles. The number of carbonyl (C=O) groups is 8. The lowest BCUT2D eigenvalue weighted by Crippen LogP contribution is -2.31. The second-order valence-electron chi connectivity index (χ2n) is 20.9. The second-order valence-corrected chi connectivity index (χ2v) is 20.9. The van der Waals surface area contributed by atoms with Gasteiger partial charge < -0.3 is 41.5 Å². The fourth-order valence-corrected chi connectivity index (χ4v) is 10.4. The Hall–Kier alpha value is -10.6. The molecule has 0 heterocycles. The summed E-state index contributed by atoms with van der Waals surface area (Å²) >= 11 is 0. The molecule has 6 amide bonds. The molecule has 422 valence electrons. The normalized spacial score (nSPS) is 11.8. The van der Waals surface area contributed by atoms with Crippen LogP contribution in [0.2, 0.25) is 0 Å². The Kier molecular flexibility index (Phi) is 16.0. The van der Waals surface area contributed by atoms with Gasteiger partial charge in [0.15, 0.2) is 17.3 Å². The van der Waals surface area contributed by atoms with Crippen molar-refractivity contribution in [2.75, 3.05) is 21.7 Å². The van der Waals surface area contributed by atoms with Crippen LogP contribution in [0.25, 0.3) is 21.5 Å². The van der Waals surface area contributed by atoms with E-state index in [1.165, 1.54) is 91.0 Å². The summed E-state index contributed by atoms with van der Waals surface area (Å²) in [5.74, 6) is -4.16. The molecule has 1 aliphatic carbocycles. The Morgan fingerprint density at radius 1 is 0.446 bits per heavy atom. The van der Waals surface area contributed by atoms with Gasteiger partial charge in [0.25, 0.3) is 11.8 Å². The lowest BCUT2D eigenvalue weighted by molar-refractivity contribution is 0.0850. The van der Waals surface area contributed by atoms with E-state index in [4.69, 9.17) is 36.1 Å². The third kappa shape index (κ3) is 11.3. The maximum atomic E-state index is 15.1. The van der Waals surface area contributed by atoms with E-state index in [9.17, 15) is 33.6 Å². The summed E-state index contributed by atoms with van der Waals surface area (Å²) < 4.78 is 23.1. The predicted molar refractivity (Wildman–Crippen MR) is 316 cm³/mol. The van der Waals surface area contributed by atoms with Gasteiger partial charge in [-0.2, -0.15) is 0 Å². The maximum absolute atomic E-state index is 15.1. The van der Waals surface area contributed by atoms with Crippen molar-refractivity contribution < 1.29 is 57.3 Å². The summed E-state index contributed by atoms with van der Waals surface area (Å²) in [4.78, 5) is 112. The monoisotopic (exact) mass is 1120 g/mol. The number of benzene rings is 8. The highest BCUT2D eigenvalue weighted by Gasteiger charge is 2.34. The van der Waals surface area contributed by atoms with Crippen molar-refractivity contribution >= 4 is 97.7 Å². The van der Waals surface area contributed by atoms with Gasteiger partial charge in [0.05, 0.1) is 50.2 Å². The molecule has 0 fully saturated rings. The summed E-state index contributed by atoms with van der Waals surface area (Å²) in [6.45, 7) is 15.8. The number of amides is 6. The number of ketones is 2. The Morgan fingerprint density at radius 3 is 1.40 bits per heavy atom. The van der Waals surface area contributed by atoms with Crippen LogP contribution in [0.15, 0.2) is 127 Å². The van der Waals surface area contributed by atoms with Gasteiger partial charge in [-0.05, 0) is 88.4 Å². The van der Waals surface area contributed by atoms with Crippen LogP contribution in [0.3, 0.4) is 0 Å². The minimum Gasteiger partial charge on any atom is -0.410 e. The van der Waals surface area contributed by atoms with Crippen LogP contribution in [0, 0.1) is 0 Å². The van der Waals surface area contributed by atoms with Crippen molar-refractivity contribution in [3.8, 4) is 23.0 Å². The number of carbonyl (C=O) groups excluding carboxylic acids is 8. The zero-order valence-electron chi connectivity index (χ0n) is 46.6. The molecule has 10 N–H and O–H groups in total. The molecule has 0 bridgehead atoms. The zero-order chi connectivity index (χ0) is 59.7. The molecule has 1 aliphatic rings. The second kappa shape index (κ2) is 23.3. The van der Waals surface area contributed by atoms with Gasteiger partial charge in [-0.3, -0.25) is 35.1 Å². The standard InChI is InChI=1S/C64H59N7O12/c1-30(2)34-15-9-16-35(31(3)4)54(34)69-63(78)81-47-25-13-19-38-40(27-28-49(52(38)47)80-61(66)76)59(74)71-60(75)43-29-46(68-45-24-12-22-42-51(45)57(73)41-21-11-23-44(65)50(41)56(42)72)58(83-62(67)77)53-39(43)20-14-26-48(53)82-64(79)70-55-36(32(5)6)17-10-18-37(55)33(7)8/h9-33,68H,65H2,1-8H3,(H2,66,76)(H2,67,77)(H,69,78)(H,70,79)(H,71,74,75). The van der Waals surface area contributed by atoms with Gasteiger partial charge >= 0.3 is 24.4 Å². The van der Waals surface area contributed by atoms with Crippen molar-refractivity contribution in [3.05, 3.63) is 183 Å². The molecule has 0 saturated carbocycles. The Bertz CT molecular complexity index is 4000. The fourth-order valence-electron chi connectivity index (χ4n) is 10.4. The van der Waals surface area contributed by atoms with Crippen molar-refractivity contribution in [1.82, 2.24) is 5.32 Å². The number of hydrogen-bond donors (Lipinski definition) is 7. The Balaban J connectivity index is 1.16. The molecule has 0 atom stereocenters. The molecule has 0 saturated heterocycles. The van der Waals surface area contributed by atoms with Crippen molar-refractivity contribution in [2.24, 2.45) is 11.5 Å². The van der Waals surface area contributed by atoms with E-state index >= 15 is 4.79 Å². The average molecular weight is 1120 g/mol. The molecule has 9 rings (SSSR count). The van der Waals surface area contributed by atoms with E-state index < -0.39 is 47.8 Å². The van der Waals surface area contributed by atoms with Crippen molar-refractivity contribution in [1.29, 1.82) is 0 Å². The molecular weight excluding hydrogens is 1060 g/mol. The van der Waals surface area contributed by atoms with Crippen LogP contribution >= 0.6 is 0 Å². The summed E-state index contributed by atoms with van der Waals surface area (Å²) in [6, 6.07) is 32.7. The van der Waals surface area contributed by atoms with E-state index in [1.54, 1.807) is 0 Å². The molecule has 19 nitrogen and oxygen atoms in total. The first kappa shape index (κ1) is 57.1. The number of hydrogen-bond acceptors (Lipinski definition) is 14. The molecule has 19 heteroatoms. The topological polar surface area (TPSA) is 300 Å². The van der Waals surface area contributed by atoms with Gasteiger partial charge in [0, 0.05) is 33.2 Å². The van der Waals surface area contributed by atoms with Crippen LogP contribution in [0.1, 0.15) is 154 Å². The highest BCUT2D eigenvalue weighted by Crippen LogP contribution is 2.46. The summed E-state index contributed by atoms with van der Waals surface area (Å²) in [7, 11) is 0. The van der Waals surface area contributed by atoms with Crippen molar-refractivity contribution in [2.45, 2.75) is 79.1 Å². The third-order valence-corrected chi connectivity index (χ3v) is 14.1. The highest BCUT2D eigenvalue weighted by atomic mass is 16.6. The number of imide groups is 1. The van der Waals surface area contributed by atoms with Gasteiger partial charge in [0.2, 0.25) is 0 Å². The van der Waals surface area contributed by atoms with Crippen molar-refractivity contribution in [3.63, 3.8) is 0 Å². The molecule has 83 heavy (non-hydrogen) atoms. The quantitative estimate of drug-likeness (QED) is 0.0394. The number of ether oxygens (including phenoxy) is 4. The maximum Gasteiger partial charge on any atom is 0.417 e. The number of primary amides is 2. The molecule has 0 aromatic heterocycles. The lowest BCUT2D eigenvalue weighted by Gasteiger charge is -2.23. The van der Waals surface area contributed by atoms with E-state index in [0.29, 0.717) is 11.4 Å². The minimum atomic E-state index is -1.34. The number of para-hydroxylation sites is 2. The molecule has 0 radical (unpaired) electrons. The van der Waals surface area contributed by atoms with Crippen LogP contribution < -0.4 is 57.4 Å². The number of nitrogens with one attached hydrogen (secondary N) is 4. The summed E-state index contributed by atoms with van der Waals surface area (Å²) in [5, 5.41) is 11.1. The van der Waals surface area contributed by atoms with Crippen LogP contribution in [0.4, 0.5) is 47.6 Å². The lowest BCUT2D eigenvalue weighted by atomic mass is 9.82. The number of rotatable bonds is 14. The molecular formula is C64H59N7O12. The molecule has 8 aromatic rings.